The van der Waals surface area contributed by atoms with Crippen molar-refractivity contribution in [1.82, 2.24) is 0 Å². The van der Waals surface area contributed by atoms with Gasteiger partial charge in [0, 0.05) is 6.08 Å². The van der Waals surface area contributed by atoms with Gasteiger partial charge in [-0.15, -0.1) is 0 Å². The standard InChI is InChI=1S/C9H12ClNO2/c1-6(2)8(4)9(10)5-7(3)11(12)13/h5-6H,3-4H2,1-2H3/b9-5+. The fourth-order valence-corrected chi connectivity index (χ4v) is 0.912. The Kier molecular flexibility index (Phi) is 4.42. The lowest BCUT2D eigenvalue weighted by Gasteiger charge is -2.06. The summed E-state index contributed by atoms with van der Waals surface area (Å²) in [7, 11) is 0. The molecule has 0 saturated carbocycles. The molecule has 0 aliphatic carbocycles. The Hall–Kier alpha value is -1.09. The summed E-state index contributed by atoms with van der Waals surface area (Å²) in [5.74, 6) is 0.170. The minimum atomic E-state index is -0.587. The first kappa shape index (κ1) is 11.9. The first-order chi connectivity index (χ1) is 5.86. The highest BCUT2D eigenvalue weighted by molar-refractivity contribution is 6.32. The highest BCUT2D eigenvalue weighted by Gasteiger charge is 2.08. The molecule has 0 aliphatic heterocycles. The monoisotopic (exact) mass is 201 g/mol. The minimum Gasteiger partial charge on any atom is -0.258 e. The number of rotatable bonds is 4. The van der Waals surface area contributed by atoms with Crippen LogP contribution in [0.2, 0.25) is 0 Å². The highest BCUT2D eigenvalue weighted by atomic mass is 35.5. The molecule has 0 amide bonds. The van der Waals surface area contributed by atoms with Gasteiger partial charge >= 0.3 is 0 Å². The van der Waals surface area contributed by atoms with Crippen molar-refractivity contribution in [3.05, 3.63) is 45.7 Å². The molecule has 72 valence electrons. The SMILES string of the molecule is C=C(/C(Cl)=C\C(=C)[N+](=O)[O-])C(C)C. The smallest absolute Gasteiger partial charge is 0.258 e. The van der Waals surface area contributed by atoms with E-state index in [4.69, 9.17) is 11.6 Å². The van der Waals surface area contributed by atoms with Crippen LogP contribution >= 0.6 is 11.6 Å². The Labute approximate surface area is 82.5 Å². The summed E-state index contributed by atoms with van der Waals surface area (Å²) in [6.45, 7) is 10.8. The van der Waals surface area contributed by atoms with Gasteiger partial charge in [0.15, 0.2) is 0 Å². The zero-order chi connectivity index (χ0) is 10.6. The summed E-state index contributed by atoms with van der Waals surface area (Å²) < 4.78 is 0. The molecule has 0 atom stereocenters. The van der Waals surface area contributed by atoms with Crippen LogP contribution in [0, 0.1) is 16.0 Å². The summed E-state index contributed by atoms with van der Waals surface area (Å²) in [5, 5.41) is 10.5. The first-order valence-electron chi connectivity index (χ1n) is 3.76. The maximum Gasteiger partial charge on any atom is 0.263 e. The predicted molar refractivity (Wildman–Crippen MR) is 54.0 cm³/mol. The summed E-state index contributed by atoms with van der Waals surface area (Å²) in [6, 6.07) is 0. The van der Waals surface area contributed by atoms with Gasteiger partial charge in [-0.3, -0.25) is 10.1 Å². The van der Waals surface area contributed by atoms with Crippen LogP contribution in [-0.4, -0.2) is 4.92 Å². The molecule has 0 aromatic carbocycles. The van der Waals surface area contributed by atoms with E-state index < -0.39 is 4.92 Å². The van der Waals surface area contributed by atoms with Crippen LogP contribution in [0.25, 0.3) is 0 Å². The van der Waals surface area contributed by atoms with Crippen molar-refractivity contribution in [1.29, 1.82) is 0 Å². The van der Waals surface area contributed by atoms with Gasteiger partial charge in [-0.25, -0.2) is 0 Å². The molecule has 0 heterocycles. The largest absolute Gasteiger partial charge is 0.263 e. The van der Waals surface area contributed by atoms with Crippen molar-refractivity contribution in [2.24, 2.45) is 5.92 Å². The average molecular weight is 202 g/mol. The van der Waals surface area contributed by atoms with E-state index in [1.54, 1.807) is 0 Å². The molecule has 0 spiro atoms. The van der Waals surface area contributed by atoms with Gasteiger partial charge in [0.2, 0.25) is 0 Å². The summed E-state index contributed by atoms with van der Waals surface area (Å²) >= 11 is 5.76. The molecule has 0 radical (unpaired) electrons. The predicted octanol–water partition coefficient (Wildman–Crippen LogP) is 3.11. The van der Waals surface area contributed by atoms with Crippen LogP contribution in [0.5, 0.6) is 0 Å². The molecule has 0 aromatic rings. The Morgan fingerprint density at radius 3 is 2.31 bits per heavy atom. The van der Waals surface area contributed by atoms with E-state index in [1.807, 2.05) is 13.8 Å². The lowest BCUT2D eigenvalue weighted by molar-refractivity contribution is -0.418. The lowest BCUT2D eigenvalue weighted by atomic mass is 10.0. The Morgan fingerprint density at radius 2 is 2.00 bits per heavy atom. The van der Waals surface area contributed by atoms with E-state index >= 15 is 0 Å². The Balaban J connectivity index is 4.59. The average Bonchev–Trinajstić information content (AvgIpc) is 2.02. The zero-order valence-corrected chi connectivity index (χ0v) is 8.47. The number of nitrogens with zero attached hydrogens (tertiary/aromatic N) is 1. The van der Waals surface area contributed by atoms with E-state index in [0.29, 0.717) is 5.57 Å². The van der Waals surface area contributed by atoms with Crippen LogP contribution in [0.4, 0.5) is 0 Å². The highest BCUT2D eigenvalue weighted by Crippen LogP contribution is 2.21. The van der Waals surface area contributed by atoms with Crippen LogP contribution in [0.3, 0.4) is 0 Å². The molecule has 0 aromatic heterocycles. The molecule has 0 fully saturated rings. The number of nitro groups is 1. The molecule has 0 N–H and O–H groups in total. The normalized spacial score (nSPS) is 11.5. The summed E-state index contributed by atoms with van der Waals surface area (Å²) in [4.78, 5) is 9.61. The summed E-state index contributed by atoms with van der Waals surface area (Å²) in [5.41, 5.74) is 0.441. The summed E-state index contributed by atoms with van der Waals surface area (Å²) in [6.07, 6.45) is 1.21. The second-order valence-corrected chi connectivity index (χ2v) is 3.33. The van der Waals surface area contributed by atoms with Crippen LogP contribution in [0.15, 0.2) is 35.5 Å². The molecular formula is C9H12ClNO2. The number of halogens is 1. The van der Waals surface area contributed by atoms with Crippen LogP contribution < -0.4 is 0 Å². The van der Waals surface area contributed by atoms with E-state index in [1.165, 1.54) is 6.08 Å². The molecule has 0 bridgehead atoms. The second-order valence-electron chi connectivity index (χ2n) is 2.92. The first-order valence-corrected chi connectivity index (χ1v) is 4.13. The van der Waals surface area contributed by atoms with Crippen molar-refractivity contribution in [3.63, 3.8) is 0 Å². The van der Waals surface area contributed by atoms with E-state index in [9.17, 15) is 10.1 Å². The van der Waals surface area contributed by atoms with Crippen LogP contribution in [0.1, 0.15) is 13.8 Å². The molecule has 0 saturated heterocycles. The van der Waals surface area contributed by atoms with Gasteiger partial charge in [0.25, 0.3) is 5.70 Å². The van der Waals surface area contributed by atoms with Gasteiger partial charge < -0.3 is 0 Å². The lowest BCUT2D eigenvalue weighted by Crippen LogP contribution is -1.97. The zero-order valence-electron chi connectivity index (χ0n) is 7.71. The van der Waals surface area contributed by atoms with Gasteiger partial charge in [0.05, 0.1) is 9.96 Å². The van der Waals surface area contributed by atoms with Gasteiger partial charge in [0.1, 0.15) is 0 Å². The molecule has 0 rings (SSSR count). The van der Waals surface area contributed by atoms with Crippen molar-refractivity contribution in [2.75, 3.05) is 0 Å². The molecule has 0 unspecified atom stereocenters. The van der Waals surface area contributed by atoms with E-state index in [0.717, 1.165) is 0 Å². The topological polar surface area (TPSA) is 43.1 Å². The van der Waals surface area contributed by atoms with E-state index in [2.05, 4.69) is 13.2 Å². The Bertz CT molecular complexity index is 279. The fourth-order valence-electron chi connectivity index (χ4n) is 0.567. The van der Waals surface area contributed by atoms with E-state index in [-0.39, 0.29) is 16.6 Å². The third kappa shape index (κ3) is 3.90. The second kappa shape index (κ2) is 4.82. The molecule has 0 aliphatic rings. The number of hydrogen-bond acceptors (Lipinski definition) is 2. The molecule has 4 heteroatoms. The fraction of sp³-hybridized carbons (Fsp3) is 0.333. The van der Waals surface area contributed by atoms with Gasteiger partial charge in [-0.05, 0) is 18.1 Å². The molecule has 3 nitrogen and oxygen atoms in total. The van der Waals surface area contributed by atoms with Gasteiger partial charge in [-0.1, -0.05) is 32.0 Å². The number of hydrogen-bond donors (Lipinski definition) is 0. The third-order valence-electron chi connectivity index (χ3n) is 1.53. The quantitative estimate of drug-likeness (QED) is 0.399. The maximum atomic E-state index is 10.2. The third-order valence-corrected chi connectivity index (χ3v) is 1.88. The van der Waals surface area contributed by atoms with Crippen molar-refractivity contribution in [2.45, 2.75) is 13.8 Å². The van der Waals surface area contributed by atoms with Crippen LogP contribution in [-0.2, 0) is 0 Å². The number of allylic oxidation sites excluding steroid dienone is 3. The van der Waals surface area contributed by atoms with Crippen molar-refractivity contribution >= 4 is 11.6 Å². The van der Waals surface area contributed by atoms with Crippen molar-refractivity contribution < 1.29 is 4.92 Å². The molecule has 13 heavy (non-hydrogen) atoms. The maximum absolute atomic E-state index is 10.2. The van der Waals surface area contributed by atoms with Crippen molar-refractivity contribution in [3.8, 4) is 0 Å². The van der Waals surface area contributed by atoms with Gasteiger partial charge in [-0.2, -0.15) is 0 Å². The Morgan fingerprint density at radius 1 is 1.54 bits per heavy atom. The molecular weight excluding hydrogens is 190 g/mol. The minimum absolute atomic E-state index is 0.170.